The molecule has 0 saturated heterocycles. The van der Waals surface area contributed by atoms with Gasteiger partial charge in [0, 0.05) is 45.1 Å². The summed E-state index contributed by atoms with van der Waals surface area (Å²) < 4.78 is 9.63. The number of aryl methyl sites for hydroxylation is 2. The lowest BCUT2D eigenvalue weighted by molar-refractivity contribution is 0.0952. The molecule has 184 valence electrons. The summed E-state index contributed by atoms with van der Waals surface area (Å²) in [7, 11) is 2.00. The van der Waals surface area contributed by atoms with Gasteiger partial charge in [-0.05, 0) is 36.6 Å². The first-order chi connectivity index (χ1) is 17.2. The first-order valence-electron chi connectivity index (χ1n) is 12.3. The van der Waals surface area contributed by atoms with Crippen molar-refractivity contribution in [2.45, 2.75) is 33.2 Å². The van der Waals surface area contributed by atoms with E-state index >= 15 is 0 Å². The van der Waals surface area contributed by atoms with Gasteiger partial charge in [-0.15, -0.1) is 0 Å². The smallest absolute Gasteiger partial charge is 0.251 e. The highest BCUT2D eigenvalue weighted by atomic mass is 16.5. The van der Waals surface area contributed by atoms with Gasteiger partial charge in [0.1, 0.15) is 0 Å². The van der Waals surface area contributed by atoms with Crippen LogP contribution in [0.1, 0.15) is 44.2 Å². The Morgan fingerprint density at radius 1 is 1.06 bits per heavy atom. The summed E-state index contributed by atoms with van der Waals surface area (Å²) in [5, 5.41) is 3.01. The Morgan fingerprint density at radius 3 is 2.54 bits per heavy atom. The van der Waals surface area contributed by atoms with Crippen LogP contribution < -0.4 is 5.32 Å². The lowest BCUT2D eigenvalue weighted by Gasteiger charge is -2.17. The van der Waals surface area contributed by atoms with Gasteiger partial charge in [-0.3, -0.25) is 14.2 Å². The zero-order valence-electron chi connectivity index (χ0n) is 20.7. The van der Waals surface area contributed by atoms with Gasteiger partial charge in [-0.2, -0.15) is 0 Å². The Bertz CT molecular complexity index is 1310. The minimum absolute atomic E-state index is 0. The van der Waals surface area contributed by atoms with Crippen LogP contribution >= 0.6 is 0 Å². The van der Waals surface area contributed by atoms with E-state index in [0.717, 1.165) is 52.9 Å². The fourth-order valence-corrected chi connectivity index (χ4v) is 4.03. The van der Waals surface area contributed by atoms with Crippen molar-refractivity contribution in [1.82, 2.24) is 24.6 Å². The molecule has 7 heteroatoms. The zero-order chi connectivity index (χ0) is 24.6. The van der Waals surface area contributed by atoms with Crippen LogP contribution in [0.3, 0.4) is 0 Å². The second kappa shape index (κ2) is 11.6. The molecule has 1 aliphatic heterocycles. The lowest BCUT2D eigenvalue weighted by atomic mass is 10.0. The van der Waals surface area contributed by atoms with E-state index in [2.05, 4.69) is 28.2 Å². The molecular formula is C28H35N5O2. The normalized spacial score (nSPS) is 13.2. The maximum Gasteiger partial charge on any atom is 0.251 e. The number of ether oxygens (including phenoxy) is 1. The number of amides is 1. The van der Waals surface area contributed by atoms with E-state index in [1.165, 1.54) is 0 Å². The van der Waals surface area contributed by atoms with Crippen LogP contribution in [0.15, 0.2) is 67.0 Å². The number of hydrogen-bond acceptors (Lipinski definition) is 4. The molecule has 7 nitrogen and oxygen atoms in total. The van der Waals surface area contributed by atoms with Crippen molar-refractivity contribution >= 4 is 22.5 Å². The van der Waals surface area contributed by atoms with Crippen LogP contribution in [0.5, 0.6) is 0 Å². The molecule has 4 aromatic rings. The summed E-state index contributed by atoms with van der Waals surface area (Å²) in [6.07, 6.45) is 7.77. The number of rotatable bonds is 7. The van der Waals surface area contributed by atoms with Gasteiger partial charge >= 0.3 is 0 Å². The van der Waals surface area contributed by atoms with E-state index in [9.17, 15) is 4.79 Å². The fourth-order valence-electron chi connectivity index (χ4n) is 4.03. The van der Waals surface area contributed by atoms with Gasteiger partial charge in [0.15, 0.2) is 0 Å². The predicted octanol–water partition coefficient (Wildman–Crippen LogP) is 5.33. The number of nitrogens with one attached hydrogen (secondary N) is 1. The summed E-state index contributed by atoms with van der Waals surface area (Å²) in [5.74, 6) is -0.0924. The molecule has 1 aliphatic rings. The number of nitrogens with zero attached hydrogens (tertiary/aromatic N) is 4. The molecule has 1 N–H and O–H groups in total. The van der Waals surface area contributed by atoms with E-state index in [-0.39, 0.29) is 7.33 Å². The van der Waals surface area contributed by atoms with E-state index in [1.807, 2.05) is 74.4 Å². The van der Waals surface area contributed by atoms with Crippen LogP contribution in [0, 0.1) is 0 Å². The first kappa shape index (κ1) is 24.4. The molecule has 5 rings (SSSR count). The average Bonchev–Trinajstić information content (AvgIpc) is 2.93. The molecule has 1 amide bonds. The molecule has 35 heavy (non-hydrogen) atoms. The van der Waals surface area contributed by atoms with Crippen molar-refractivity contribution in [2.24, 2.45) is 7.05 Å². The maximum atomic E-state index is 12.7. The molecule has 0 saturated carbocycles. The summed E-state index contributed by atoms with van der Waals surface area (Å²) in [6, 6.07) is 15.6. The van der Waals surface area contributed by atoms with E-state index < -0.39 is 0 Å². The summed E-state index contributed by atoms with van der Waals surface area (Å²) in [6.45, 7) is 6.74. The topological polar surface area (TPSA) is 74.0 Å². The van der Waals surface area contributed by atoms with Gasteiger partial charge < -0.3 is 10.1 Å². The minimum atomic E-state index is -0.0924. The monoisotopic (exact) mass is 473 g/mol. The largest absolute Gasteiger partial charge is 0.377 e. The van der Waals surface area contributed by atoms with Gasteiger partial charge in [0.2, 0.25) is 0 Å². The SMILES string of the molecule is CC.Cn1ccn1CCCNC(=O)c1ccc2nc(-c3ccccc3)c(C3=CCOCC3)nc2c1.[HH]. The molecule has 3 heterocycles. The lowest BCUT2D eigenvalue weighted by Crippen LogP contribution is -2.26. The Kier molecular flexibility index (Phi) is 8.11. The molecule has 2 aromatic carbocycles. The van der Waals surface area contributed by atoms with Crippen LogP contribution in [0.2, 0.25) is 0 Å². The van der Waals surface area contributed by atoms with Crippen LogP contribution in [-0.4, -0.2) is 45.0 Å². The number of benzene rings is 2. The van der Waals surface area contributed by atoms with Crippen molar-refractivity contribution in [2.75, 3.05) is 19.8 Å². The molecule has 2 aromatic heterocycles. The summed E-state index contributed by atoms with van der Waals surface area (Å²) in [4.78, 5) is 22.7. The molecule has 0 spiro atoms. The van der Waals surface area contributed by atoms with Gasteiger partial charge in [-0.25, -0.2) is 9.97 Å². The van der Waals surface area contributed by atoms with E-state index in [1.54, 1.807) is 0 Å². The zero-order valence-corrected chi connectivity index (χ0v) is 20.7. The van der Waals surface area contributed by atoms with Crippen molar-refractivity contribution in [3.63, 3.8) is 0 Å². The number of aromatic nitrogens is 4. The first-order valence-corrected chi connectivity index (χ1v) is 12.3. The van der Waals surface area contributed by atoms with Crippen molar-refractivity contribution < 1.29 is 11.0 Å². The van der Waals surface area contributed by atoms with Gasteiger partial charge in [0.05, 0.1) is 35.6 Å². The number of hydrogen-bond donors (Lipinski definition) is 1. The van der Waals surface area contributed by atoms with Gasteiger partial charge in [0.25, 0.3) is 5.91 Å². The third kappa shape index (κ3) is 5.69. The van der Waals surface area contributed by atoms with Crippen LogP contribution in [-0.2, 0) is 18.3 Å². The molecule has 0 unspecified atom stereocenters. The highest BCUT2D eigenvalue weighted by molar-refractivity contribution is 5.97. The predicted molar refractivity (Wildman–Crippen MR) is 142 cm³/mol. The second-order valence-corrected chi connectivity index (χ2v) is 8.19. The second-order valence-electron chi connectivity index (χ2n) is 8.19. The molecule has 0 radical (unpaired) electrons. The van der Waals surface area contributed by atoms with Crippen molar-refractivity contribution in [3.8, 4) is 11.3 Å². The molecular weight excluding hydrogens is 438 g/mol. The van der Waals surface area contributed by atoms with Crippen molar-refractivity contribution in [3.05, 3.63) is 78.3 Å². The maximum absolute atomic E-state index is 12.7. The number of carbonyl (C=O) groups is 1. The van der Waals surface area contributed by atoms with Gasteiger partial charge in [-0.1, -0.05) is 50.3 Å². The standard InChI is InChI=1S/C26H27N5O2.C2H6.H2/c1-30-14-15-31(30)13-5-12-27-26(32)21-8-9-22-23(18-21)29-25(20-10-16-33-17-11-20)24(28-22)19-6-3-2-4-7-19;1-2;/h2-4,6-10,14-15,18H,5,11-13,16-17H2,1H3,(H,27,32);1-2H3;1H. The van der Waals surface area contributed by atoms with Crippen molar-refractivity contribution in [1.29, 1.82) is 0 Å². The summed E-state index contributed by atoms with van der Waals surface area (Å²) in [5.41, 5.74) is 5.97. The third-order valence-electron chi connectivity index (χ3n) is 5.95. The highest BCUT2D eigenvalue weighted by Crippen LogP contribution is 2.31. The molecule has 0 fully saturated rings. The van der Waals surface area contributed by atoms with Crippen LogP contribution in [0.25, 0.3) is 27.9 Å². The Labute approximate surface area is 207 Å². The Hall–Kier alpha value is -3.71. The van der Waals surface area contributed by atoms with E-state index in [4.69, 9.17) is 14.7 Å². The average molecular weight is 474 g/mol. The molecule has 0 bridgehead atoms. The summed E-state index contributed by atoms with van der Waals surface area (Å²) >= 11 is 0. The minimum Gasteiger partial charge on any atom is -0.377 e. The number of fused-ring (bicyclic) bond motifs is 1. The molecule has 0 atom stereocenters. The Morgan fingerprint density at radius 2 is 1.86 bits per heavy atom. The van der Waals surface area contributed by atoms with Crippen LogP contribution in [0.4, 0.5) is 0 Å². The Balaban J connectivity index is 0.00000117. The fraction of sp³-hybridized carbons (Fsp3) is 0.321. The van der Waals surface area contributed by atoms with E-state index in [0.29, 0.717) is 25.3 Å². The number of carbonyl (C=O) groups excluding carboxylic acids is 1. The third-order valence-corrected chi connectivity index (χ3v) is 5.95. The quantitative estimate of drug-likeness (QED) is 0.368. The highest BCUT2D eigenvalue weighted by Gasteiger charge is 2.17. The molecule has 0 aliphatic carbocycles.